The zero-order valence-corrected chi connectivity index (χ0v) is 7.08. The summed E-state index contributed by atoms with van der Waals surface area (Å²) in [5.41, 5.74) is 0. The van der Waals surface area contributed by atoms with Crippen molar-refractivity contribution in [2.24, 2.45) is 0 Å². The molecule has 0 atom stereocenters. The molecule has 1 rings (SSSR count). The van der Waals surface area contributed by atoms with Gasteiger partial charge in [-0.15, -0.1) is 0 Å². The van der Waals surface area contributed by atoms with Crippen molar-refractivity contribution >= 4 is 5.78 Å². The average Bonchev–Trinajstić information content (AvgIpc) is 2.14. The fraction of sp³-hybridized carbons (Fsp3) is 0.375. The van der Waals surface area contributed by atoms with Gasteiger partial charge in [-0.25, -0.2) is 9.97 Å². The van der Waals surface area contributed by atoms with Gasteiger partial charge >= 0.3 is 6.18 Å². The topological polar surface area (TPSA) is 42.9 Å². The van der Waals surface area contributed by atoms with Crippen LogP contribution in [0.5, 0.6) is 0 Å². The van der Waals surface area contributed by atoms with Gasteiger partial charge < -0.3 is 0 Å². The number of carbonyl (C=O) groups is 1. The van der Waals surface area contributed by atoms with Crippen molar-refractivity contribution < 1.29 is 18.0 Å². The standard InChI is InChI=1S/C8H7F3N2O/c9-8(10,11)3-2-6(14)7-12-4-1-5-13-7/h1,4-5H,2-3H2. The van der Waals surface area contributed by atoms with Crippen molar-refractivity contribution in [1.82, 2.24) is 9.97 Å². The third-order valence-electron chi connectivity index (χ3n) is 1.45. The van der Waals surface area contributed by atoms with Crippen molar-refractivity contribution in [3.63, 3.8) is 0 Å². The zero-order valence-electron chi connectivity index (χ0n) is 7.08. The van der Waals surface area contributed by atoms with Crippen LogP contribution in [0.25, 0.3) is 0 Å². The van der Waals surface area contributed by atoms with E-state index in [9.17, 15) is 18.0 Å². The van der Waals surface area contributed by atoms with Gasteiger partial charge in [0.2, 0.25) is 0 Å². The number of nitrogens with zero attached hydrogens (tertiary/aromatic N) is 2. The molecule has 6 heteroatoms. The Morgan fingerprint density at radius 2 is 1.86 bits per heavy atom. The first-order valence-corrected chi connectivity index (χ1v) is 3.86. The molecule has 0 saturated carbocycles. The van der Waals surface area contributed by atoms with Gasteiger partial charge in [-0.1, -0.05) is 0 Å². The Balaban J connectivity index is 2.52. The SMILES string of the molecule is O=C(CCC(F)(F)F)c1ncccn1. The molecule has 1 heterocycles. The number of ketones is 1. The minimum Gasteiger partial charge on any atom is -0.291 e. The van der Waals surface area contributed by atoms with Crippen molar-refractivity contribution in [2.75, 3.05) is 0 Å². The highest BCUT2D eigenvalue weighted by Gasteiger charge is 2.28. The smallest absolute Gasteiger partial charge is 0.291 e. The normalized spacial score (nSPS) is 11.4. The molecule has 3 nitrogen and oxygen atoms in total. The molecule has 0 fully saturated rings. The van der Waals surface area contributed by atoms with E-state index in [0.717, 1.165) is 0 Å². The number of Topliss-reactive ketones (excluding diaryl/α,β-unsaturated/α-hetero) is 1. The predicted octanol–water partition coefficient (Wildman–Crippen LogP) is 2.00. The number of aromatic nitrogens is 2. The lowest BCUT2D eigenvalue weighted by atomic mass is 10.2. The molecular weight excluding hydrogens is 197 g/mol. The van der Waals surface area contributed by atoms with Crippen LogP contribution in [0.3, 0.4) is 0 Å². The second-order valence-electron chi connectivity index (χ2n) is 2.61. The summed E-state index contributed by atoms with van der Waals surface area (Å²) < 4.78 is 35.2. The molecule has 0 amide bonds. The number of hydrogen-bond acceptors (Lipinski definition) is 3. The summed E-state index contributed by atoms with van der Waals surface area (Å²) in [6.45, 7) is 0. The zero-order chi connectivity index (χ0) is 10.6. The van der Waals surface area contributed by atoms with E-state index in [-0.39, 0.29) is 5.82 Å². The van der Waals surface area contributed by atoms with Crippen LogP contribution >= 0.6 is 0 Å². The second-order valence-corrected chi connectivity index (χ2v) is 2.61. The van der Waals surface area contributed by atoms with Crippen LogP contribution < -0.4 is 0 Å². The average molecular weight is 204 g/mol. The van der Waals surface area contributed by atoms with Crippen LogP contribution in [0, 0.1) is 0 Å². The van der Waals surface area contributed by atoms with E-state index >= 15 is 0 Å². The maximum absolute atomic E-state index is 11.7. The first-order valence-electron chi connectivity index (χ1n) is 3.86. The van der Waals surface area contributed by atoms with Crippen LogP contribution in [0.15, 0.2) is 18.5 Å². The minimum atomic E-state index is -4.32. The summed E-state index contributed by atoms with van der Waals surface area (Å²) in [7, 11) is 0. The van der Waals surface area contributed by atoms with Crippen LogP contribution in [0.1, 0.15) is 23.5 Å². The van der Waals surface area contributed by atoms with Crippen molar-refractivity contribution in [1.29, 1.82) is 0 Å². The van der Waals surface area contributed by atoms with Gasteiger partial charge in [0.25, 0.3) is 0 Å². The summed E-state index contributed by atoms with van der Waals surface area (Å²) in [5, 5.41) is 0. The number of halogens is 3. The molecule has 0 saturated heterocycles. The number of rotatable bonds is 3. The minimum absolute atomic E-state index is 0.170. The van der Waals surface area contributed by atoms with Crippen LogP contribution in [0.2, 0.25) is 0 Å². The molecule has 0 radical (unpaired) electrons. The fourth-order valence-electron chi connectivity index (χ4n) is 0.810. The van der Waals surface area contributed by atoms with Gasteiger partial charge in [0, 0.05) is 18.8 Å². The van der Waals surface area contributed by atoms with E-state index in [2.05, 4.69) is 9.97 Å². The molecule has 0 spiro atoms. The maximum Gasteiger partial charge on any atom is 0.389 e. The summed E-state index contributed by atoms with van der Waals surface area (Å²) in [6.07, 6.45) is -3.43. The van der Waals surface area contributed by atoms with Crippen molar-refractivity contribution in [3.05, 3.63) is 24.3 Å². The molecule has 76 valence electrons. The second kappa shape index (κ2) is 4.17. The molecule has 0 aliphatic rings. The third kappa shape index (κ3) is 3.51. The Kier molecular flexibility index (Phi) is 3.16. The highest BCUT2D eigenvalue weighted by atomic mass is 19.4. The van der Waals surface area contributed by atoms with Gasteiger partial charge in [0.05, 0.1) is 6.42 Å². The van der Waals surface area contributed by atoms with Gasteiger partial charge in [-0.3, -0.25) is 4.79 Å². The van der Waals surface area contributed by atoms with E-state index in [1.165, 1.54) is 18.5 Å². The lowest BCUT2D eigenvalue weighted by molar-refractivity contribution is -0.133. The molecule has 1 aromatic heterocycles. The Morgan fingerprint density at radius 3 is 2.36 bits per heavy atom. The molecule has 0 aromatic carbocycles. The van der Waals surface area contributed by atoms with E-state index in [1.54, 1.807) is 0 Å². The molecule has 0 aliphatic heterocycles. The number of carbonyl (C=O) groups excluding carboxylic acids is 1. The van der Waals surface area contributed by atoms with Crippen molar-refractivity contribution in [3.8, 4) is 0 Å². The number of alkyl halides is 3. The van der Waals surface area contributed by atoms with E-state index in [0.29, 0.717) is 0 Å². The molecular formula is C8H7F3N2O. The monoisotopic (exact) mass is 204 g/mol. The van der Waals surface area contributed by atoms with Gasteiger partial charge in [-0.2, -0.15) is 13.2 Å². The maximum atomic E-state index is 11.7. The third-order valence-corrected chi connectivity index (χ3v) is 1.45. The lowest BCUT2D eigenvalue weighted by Gasteiger charge is -2.03. The van der Waals surface area contributed by atoms with Crippen LogP contribution in [-0.4, -0.2) is 21.9 Å². The van der Waals surface area contributed by atoms with E-state index in [4.69, 9.17) is 0 Å². The summed E-state index contributed by atoms with van der Waals surface area (Å²) >= 11 is 0. The molecule has 0 N–H and O–H groups in total. The van der Waals surface area contributed by atoms with Crippen LogP contribution in [0.4, 0.5) is 13.2 Å². The summed E-state index contributed by atoms with van der Waals surface area (Å²) in [6, 6.07) is 1.49. The Hall–Kier alpha value is -1.46. The first-order chi connectivity index (χ1) is 6.49. The lowest BCUT2D eigenvalue weighted by Crippen LogP contribution is -2.12. The largest absolute Gasteiger partial charge is 0.389 e. The molecule has 14 heavy (non-hydrogen) atoms. The Bertz CT molecular complexity index is 310. The van der Waals surface area contributed by atoms with E-state index < -0.39 is 24.8 Å². The predicted molar refractivity (Wildman–Crippen MR) is 41.7 cm³/mol. The highest BCUT2D eigenvalue weighted by Crippen LogP contribution is 2.21. The summed E-state index contributed by atoms with van der Waals surface area (Å²) in [5.74, 6) is -0.861. The molecule has 1 aromatic rings. The molecule has 0 unspecified atom stereocenters. The fourth-order valence-corrected chi connectivity index (χ4v) is 0.810. The summed E-state index contributed by atoms with van der Waals surface area (Å²) in [4.78, 5) is 18.2. The molecule has 0 aliphatic carbocycles. The highest BCUT2D eigenvalue weighted by molar-refractivity contribution is 5.92. The van der Waals surface area contributed by atoms with Gasteiger partial charge in [-0.05, 0) is 6.07 Å². The van der Waals surface area contributed by atoms with Crippen molar-refractivity contribution in [2.45, 2.75) is 19.0 Å². The Labute approximate surface area is 78.0 Å². The first kappa shape index (κ1) is 10.6. The Morgan fingerprint density at radius 1 is 1.29 bits per heavy atom. The van der Waals surface area contributed by atoms with Crippen LogP contribution in [-0.2, 0) is 0 Å². The van der Waals surface area contributed by atoms with E-state index in [1.807, 2.05) is 0 Å². The quantitative estimate of drug-likeness (QED) is 0.707. The molecule has 0 bridgehead atoms. The van der Waals surface area contributed by atoms with Gasteiger partial charge in [0.15, 0.2) is 11.6 Å². The van der Waals surface area contributed by atoms with Gasteiger partial charge in [0.1, 0.15) is 0 Å². The number of hydrogen-bond donors (Lipinski definition) is 0.